The summed E-state index contributed by atoms with van der Waals surface area (Å²) in [6.07, 6.45) is 25.1. The lowest BCUT2D eigenvalue weighted by atomic mass is 9.57. The van der Waals surface area contributed by atoms with Crippen molar-refractivity contribution in [3.8, 4) is 0 Å². The van der Waals surface area contributed by atoms with Gasteiger partial charge in [-0.15, -0.1) is 0 Å². The van der Waals surface area contributed by atoms with Crippen LogP contribution in [-0.4, -0.2) is 37.8 Å². The maximum atomic E-state index is 16.5. The van der Waals surface area contributed by atoms with Gasteiger partial charge in [-0.3, -0.25) is 0 Å². The molecular weight excluding hydrogens is 598 g/mol. The van der Waals surface area contributed by atoms with Crippen LogP contribution in [0, 0.1) is 59.2 Å². The molecule has 0 radical (unpaired) electrons. The maximum absolute atomic E-state index is 16.5. The highest BCUT2D eigenvalue weighted by molar-refractivity contribution is 4.99. The van der Waals surface area contributed by atoms with Crippen molar-refractivity contribution < 1.29 is 18.3 Å². The van der Waals surface area contributed by atoms with Gasteiger partial charge < -0.3 is 9.47 Å². The Kier molecular flexibility index (Phi) is 18.0. The van der Waals surface area contributed by atoms with Crippen molar-refractivity contribution in [3.05, 3.63) is 0 Å². The van der Waals surface area contributed by atoms with Crippen LogP contribution in [0.1, 0.15) is 183 Å². The standard InChI is InChI=1S/C44H80F2O2/c1-7-11-15-17-33-23-37(27-39(25-33)47-19-13-9-3)35-21-31(5)43(45)41(29-35)42-30-36(22-32(6)44(42)46)38-24-34(18-16-12-8-2)26-40(28-38)48-20-14-10-4/h31-44H,7-30H2,1-6H3. The Morgan fingerprint density at radius 1 is 0.438 bits per heavy atom. The van der Waals surface area contributed by atoms with E-state index in [1.54, 1.807) is 0 Å². The van der Waals surface area contributed by atoms with Crippen molar-refractivity contribution >= 4 is 0 Å². The number of halogens is 2. The van der Waals surface area contributed by atoms with Crippen molar-refractivity contribution in [2.75, 3.05) is 13.2 Å². The van der Waals surface area contributed by atoms with E-state index in [2.05, 4.69) is 41.5 Å². The first-order valence-electron chi connectivity index (χ1n) is 21.8. The van der Waals surface area contributed by atoms with Gasteiger partial charge in [0.1, 0.15) is 12.3 Å². The van der Waals surface area contributed by atoms with E-state index in [0.29, 0.717) is 35.9 Å². The second-order valence-corrected chi connectivity index (χ2v) is 18.0. The van der Waals surface area contributed by atoms with Gasteiger partial charge in [-0.1, -0.05) is 106 Å². The topological polar surface area (TPSA) is 18.5 Å². The maximum Gasteiger partial charge on any atom is 0.106 e. The zero-order valence-electron chi connectivity index (χ0n) is 32.6. The van der Waals surface area contributed by atoms with Crippen molar-refractivity contribution in [2.24, 2.45) is 59.2 Å². The van der Waals surface area contributed by atoms with Crippen LogP contribution in [0.4, 0.5) is 8.78 Å². The molecule has 4 rings (SSSR count). The zero-order valence-corrected chi connectivity index (χ0v) is 32.6. The van der Waals surface area contributed by atoms with Gasteiger partial charge in [0.2, 0.25) is 0 Å². The fourth-order valence-corrected chi connectivity index (χ4v) is 11.3. The van der Waals surface area contributed by atoms with E-state index in [4.69, 9.17) is 9.47 Å². The molecule has 4 fully saturated rings. The summed E-state index contributed by atoms with van der Waals surface area (Å²) in [5.41, 5.74) is 0. The molecule has 48 heavy (non-hydrogen) atoms. The Bertz CT molecular complexity index is 748. The third-order valence-corrected chi connectivity index (χ3v) is 14.0. The van der Waals surface area contributed by atoms with Crippen LogP contribution in [0.2, 0.25) is 0 Å². The van der Waals surface area contributed by atoms with Gasteiger partial charge in [-0.2, -0.15) is 0 Å². The summed E-state index contributed by atoms with van der Waals surface area (Å²) in [5, 5.41) is 0. The fraction of sp³-hybridized carbons (Fsp3) is 1.00. The van der Waals surface area contributed by atoms with Gasteiger partial charge in [0.25, 0.3) is 0 Å². The van der Waals surface area contributed by atoms with E-state index in [9.17, 15) is 0 Å². The Morgan fingerprint density at radius 3 is 1.19 bits per heavy atom. The summed E-state index contributed by atoms with van der Waals surface area (Å²) in [7, 11) is 0. The third kappa shape index (κ3) is 11.9. The second-order valence-electron chi connectivity index (χ2n) is 18.0. The van der Waals surface area contributed by atoms with Crippen molar-refractivity contribution in [1.82, 2.24) is 0 Å². The highest BCUT2D eigenvalue weighted by Crippen LogP contribution is 2.54. The van der Waals surface area contributed by atoms with E-state index in [-0.39, 0.29) is 23.7 Å². The lowest BCUT2D eigenvalue weighted by Crippen LogP contribution is -2.48. The molecule has 2 nitrogen and oxygen atoms in total. The van der Waals surface area contributed by atoms with E-state index in [1.807, 2.05) is 0 Å². The van der Waals surface area contributed by atoms with E-state index in [1.165, 1.54) is 89.9 Å². The summed E-state index contributed by atoms with van der Waals surface area (Å²) < 4.78 is 46.0. The molecule has 282 valence electrons. The van der Waals surface area contributed by atoms with Gasteiger partial charge >= 0.3 is 0 Å². The van der Waals surface area contributed by atoms with Crippen LogP contribution in [0.15, 0.2) is 0 Å². The fourth-order valence-electron chi connectivity index (χ4n) is 11.3. The normalized spacial score (nSPS) is 41.0. The number of alkyl halides is 2. The first kappa shape index (κ1) is 40.5. The largest absolute Gasteiger partial charge is 0.378 e. The van der Waals surface area contributed by atoms with Gasteiger partial charge in [0.15, 0.2) is 0 Å². The van der Waals surface area contributed by atoms with Crippen LogP contribution in [-0.2, 0) is 9.47 Å². The Labute approximate surface area is 297 Å². The molecule has 0 bridgehead atoms. The average Bonchev–Trinajstić information content (AvgIpc) is 3.07. The van der Waals surface area contributed by atoms with Gasteiger partial charge in [-0.25, -0.2) is 8.78 Å². The summed E-state index contributed by atoms with van der Waals surface area (Å²) in [6, 6.07) is 0. The molecule has 0 amide bonds. The Balaban J connectivity index is 1.47. The van der Waals surface area contributed by atoms with E-state index in [0.717, 1.165) is 76.4 Å². The predicted octanol–water partition coefficient (Wildman–Crippen LogP) is 13.4. The molecular formula is C44H80F2O2. The molecule has 14 unspecified atom stereocenters. The highest BCUT2D eigenvalue weighted by Gasteiger charge is 2.50. The van der Waals surface area contributed by atoms with E-state index < -0.39 is 12.3 Å². The molecule has 0 aliphatic heterocycles. The van der Waals surface area contributed by atoms with Gasteiger partial charge in [-0.05, 0) is 136 Å². The summed E-state index contributed by atoms with van der Waals surface area (Å²) >= 11 is 0. The molecule has 4 heteroatoms. The van der Waals surface area contributed by atoms with Gasteiger partial charge in [0.05, 0.1) is 12.2 Å². The zero-order chi connectivity index (χ0) is 34.5. The van der Waals surface area contributed by atoms with Crippen molar-refractivity contribution in [2.45, 2.75) is 207 Å². The Hall–Kier alpha value is -0.220. The van der Waals surface area contributed by atoms with Crippen LogP contribution >= 0.6 is 0 Å². The molecule has 0 aromatic heterocycles. The third-order valence-electron chi connectivity index (χ3n) is 14.0. The smallest absolute Gasteiger partial charge is 0.106 e. The minimum atomic E-state index is -0.866. The molecule has 0 spiro atoms. The summed E-state index contributed by atoms with van der Waals surface area (Å²) in [4.78, 5) is 0. The number of ether oxygens (including phenoxy) is 2. The highest BCUT2D eigenvalue weighted by atomic mass is 19.1. The molecule has 4 saturated carbocycles. The quantitative estimate of drug-likeness (QED) is 0.127. The summed E-state index contributed by atoms with van der Waals surface area (Å²) in [5.74, 6) is 3.52. The molecule has 4 aliphatic carbocycles. The minimum Gasteiger partial charge on any atom is -0.378 e. The first-order valence-corrected chi connectivity index (χ1v) is 21.8. The molecule has 0 aromatic carbocycles. The first-order chi connectivity index (χ1) is 23.3. The number of unbranched alkanes of at least 4 members (excludes halogenated alkanes) is 6. The Morgan fingerprint density at radius 2 is 0.812 bits per heavy atom. The predicted molar refractivity (Wildman–Crippen MR) is 200 cm³/mol. The van der Waals surface area contributed by atoms with Crippen molar-refractivity contribution in [1.29, 1.82) is 0 Å². The van der Waals surface area contributed by atoms with Crippen LogP contribution in [0.5, 0.6) is 0 Å². The summed E-state index contributed by atoms with van der Waals surface area (Å²) in [6.45, 7) is 15.1. The van der Waals surface area contributed by atoms with Crippen molar-refractivity contribution in [3.63, 3.8) is 0 Å². The van der Waals surface area contributed by atoms with Gasteiger partial charge in [0, 0.05) is 13.2 Å². The SMILES string of the molecule is CCCCCC1CC(OCCCC)CC(C2CC(C)C(F)C(C3CC(C4CC(CCCCC)CC(OCCCC)C4)CC(C)C3F)C2)C1. The van der Waals surface area contributed by atoms with Crippen LogP contribution in [0.25, 0.3) is 0 Å². The number of hydrogen-bond acceptors (Lipinski definition) is 2. The molecule has 0 aromatic rings. The number of hydrogen-bond donors (Lipinski definition) is 0. The van der Waals surface area contributed by atoms with Crippen LogP contribution < -0.4 is 0 Å². The minimum absolute atomic E-state index is 0.0329. The second kappa shape index (κ2) is 21.3. The number of rotatable bonds is 19. The molecule has 0 saturated heterocycles. The molecule has 0 N–H and O–H groups in total. The lowest BCUT2D eigenvalue weighted by Gasteiger charge is -2.50. The molecule has 14 atom stereocenters. The molecule has 4 aliphatic rings. The monoisotopic (exact) mass is 679 g/mol. The van der Waals surface area contributed by atoms with E-state index >= 15 is 8.78 Å². The lowest BCUT2D eigenvalue weighted by molar-refractivity contribution is -0.0758. The average molecular weight is 679 g/mol. The van der Waals surface area contributed by atoms with Crippen LogP contribution in [0.3, 0.4) is 0 Å². The molecule has 0 heterocycles.